The molecule has 2 unspecified atom stereocenters. The zero-order chi connectivity index (χ0) is 13.7. The van der Waals surface area contributed by atoms with Crippen molar-refractivity contribution in [3.63, 3.8) is 0 Å². The number of carbonyl (C=O) groups excluding carboxylic acids is 2. The molecule has 18 heavy (non-hydrogen) atoms. The fraction of sp³-hybridized carbons (Fsp3) is 0.857. The first-order valence-electron chi connectivity index (χ1n) is 6.84. The lowest BCUT2D eigenvalue weighted by Crippen LogP contribution is -2.68. The van der Waals surface area contributed by atoms with Crippen molar-refractivity contribution in [3.05, 3.63) is 0 Å². The monoisotopic (exact) mass is 252 g/mol. The molecule has 102 valence electrons. The molecule has 1 saturated carbocycles. The van der Waals surface area contributed by atoms with Crippen LogP contribution in [0.1, 0.15) is 53.9 Å². The van der Waals surface area contributed by atoms with Crippen LogP contribution in [-0.4, -0.2) is 34.3 Å². The van der Waals surface area contributed by atoms with Crippen molar-refractivity contribution in [3.8, 4) is 0 Å². The fourth-order valence-corrected chi connectivity index (χ4v) is 2.73. The van der Waals surface area contributed by atoms with E-state index in [9.17, 15) is 9.59 Å². The SMILES string of the molecule is CCC1C(=O)NC(C(C)(C)C)C(=O)N1C1(C)CC1. The molecule has 0 radical (unpaired) electrons. The van der Waals surface area contributed by atoms with Gasteiger partial charge in [-0.15, -0.1) is 0 Å². The summed E-state index contributed by atoms with van der Waals surface area (Å²) in [5.41, 5.74) is -0.325. The summed E-state index contributed by atoms with van der Waals surface area (Å²) in [5.74, 6) is 0.0964. The molecule has 1 heterocycles. The molecule has 0 bridgehead atoms. The van der Waals surface area contributed by atoms with E-state index in [2.05, 4.69) is 12.2 Å². The van der Waals surface area contributed by atoms with Gasteiger partial charge in [0.05, 0.1) is 0 Å². The number of hydrogen-bond acceptors (Lipinski definition) is 2. The van der Waals surface area contributed by atoms with Gasteiger partial charge in [-0.2, -0.15) is 0 Å². The Morgan fingerprint density at radius 3 is 2.28 bits per heavy atom. The quantitative estimate of drug-likeness (QED) is 0.813. The highest BCUT2D eigenvalue weighted by molar-refractivity contribution is 5.98. The number of hydrogen-bond donors (Lipinski definition) is 1. The predicted octanol–water partition coefficient (Wildman–Crippen LogP) is 1.69. The van der Waals surface area contributed by atoms with Crippen molar-refractivity contribution in [2.24, 2.45) is 5.41 Å². The van der Waals surface area contributed by atoms with E-state index in [1.807, 2.05) is 32.6 Å². The van der Waals surface area contributed by atoms with Crippen LogP contribution in [0.5, 0.6) is 0 Å². The molecular weight excluding hydrogens is 228 g/mol. The van der Waals surface area contributed by atoms with Crippen LogP contribution in [0.2, 0.25) is 0 Å². The smallest absolute Gasteiger partial charge is 0.246 e. The van der Waals surface area contributed by atoms with Crippen LogP contribution in [0.15, 0.2) is 0 Å². The summed E-state index contributed by atoms with van der Waals surface area (Å²) in [6.45, 7) is 10.0. The standard InChI is InChI=1S/C14H24N2O2/c1-6-9-11(17)15-10(13(2,3)4)12(18)16(9)14(5)7-8-14/h9-10H,6-8H2,1-5H3,(H,15,17). The molecule has 2 rings (SSSR count). The van der Waals surface area contributed by atoms with E-state index < -0.39 is 6.04 Å². The summed E-state index contributed by atoms with van der Waals surface area (Å²) in [6, 6.07) is -0.686. The highest BCUT2D eigenvalue weighted by Gasteiger charge is 2.55. The minimum absolute atomic E-state index is 0.00477. The van der Waals surface area contributed by atoms with Crippen LogP contribution in [0.4, 0.5) is 0 Å². The molecule has 0 aromatic rings. The highest BCUT2D eigenvalue weighted by Crippen LogP contribution is 2.45. The second-order valence-corrected chi connectivity index (χ2v) is 6.94. The molecule has 0 aromatic heterocycles. The van der Waals surface area contributed by atoms with E-state index in [1.165, 1.54) is 0 Å². The molecule has 1 aliphatic carbocycles. The molecule has 2 atom stereocenters. The molecular formula is C14H24N2O2. The number of rotatable bonds is 2. The maximum Gasteiger partial charge on any atom is 0.246 e. The van der Waals surface area contributed by atoms with Crippen LogP contribution in [0.25, 0.3) is 0 Å². The average Bonchev–Trinajstić information content (AvgIpc) is 2.98. The number of nitrogens with zero attached hydrogens (tertiary/aromatic N) is 1. The van der Waals surface area contributed by atoms with Crippen molar-refractivity contribution in [2.45, 2.75) is 71.5 Å². The molecule has 2 amide bonds. The predicted molar refractivity (Wildman–Crippen MR) is 69.9 cm³/mol. The molecule has 1 aliphatic heterocycles. The van der Waals surface area contributed by atoms with Crippen molar-refractivity contribution < 1.29 is 9.59 Å². The first-order valence-corrected chi connectivity index (χ1v) is 6.84. The molecule has 4 nitrogen and oxygen atoms in total. The van der Waals surface area contributed by atoms with Crippen molar-refractivity contribution >= 4 is 11.8 Å². The Labute approximate surface area is 109 Å². The maximum atomic E-state index is 12.7. The zero-order valence-electron chi connectivity index (χ0n) is 12.0. The highest BCUT2D eigenvalue weighted by atomic mass is 16.2. The molecule has 1 saturated heterocycles. The molecule has 4 heteroatoms. The van der Waals surface area contributed by atoms with E-state index in [0.29, 0.717) is 6.42 Å². The van der Waals surface area contributed by atoms with Crippen LogP contribution in [0.3, 0.4) is 0 Å². The Kier molecular flexibility index (Phi) is 2.95. The molecule has 2 aliphatic rings. The number of piperazine rings is 1. The average molecular weight is 252 g/mol. The summed E-state index contributed by atoms with van der Waals surface area (Å²) in [6.07, 6.45) is 2.71. The summed E-state index contributed by atoms with van der Waals surface area (Å²) in [4.78, 5) is 26.8. The third-order valence-electron chi connectivity index (χ3n) is 4.19. The Hall–Kier alpha value is -1.06. The van der Waals surface area contributed by atoms with E-state index in [0.717, 1.165) is 12.8 Å². The van der Waals surface area contributed by atoms with Crippen molar-refractivity contribution in [2.75, 3.05) is 0 Å². The van der Waals surface area contributed by atoms with E-state index in [1.54, 1.807) is 0 Å². The second-order valence-electron chi connectivity index (χ2n) is 6.94. The van der Waals surface area contributed by atoms with Gasteiger partial charge in [-0.1, -0.05) is 27.7 Å². The first kappa shape index (κ1) is 13.4. The Morgan fingerprint density at radius 2 is 1.89 bits per heavy atom. The molecule has 0 spiro atoms. The largest absolute Gasteiger partial charge is 0.342 e. The van der Waals surface area contributed by atoms with E-state index in [-0.39, 0.29) is 28.8 Å². The first-order chi connectivity index (χ1) is 8.20. The minimum atomic E-state index is -0.398. The lowest BCUT2D eigenvalue weighted by Gasteiger charge is -2.46. The Bertz CT molecular complexity index is 380. The van der Waals surface area contributed by atoms with Gasteiger partial charge in [0.15, 0.2) is 0 Å². The van der Waals surface area contributed by atoms with Crippen LogP contribution in [-0.2, 0) is 9.59 Å². The Balaban J connectivity index is 2.33. The van der Waals surface area contributed by atoms with Crippen LogP contribution in [0, 0.1) is 5.41 Å². The van der Waals surface area contributed by atoms with Crippen LogP contribution < -0.4 is 5.32 Å². The second kappa shape index (κ2) is 3.97. The number of amides is 2. The maximum absolute atomic E-state index is 12.7. The van der Waals surface area contributed by atoms with Gasteiger partial charge in [0.2, 0.25) is 11.8 Å². The lowest BCUT2D eigenvalue weighted by molar-refractivity contribution is -0.156. The van der Waals surface area contributed by atoms with Gasteiger partial charge in [0, 0.05) is 5.54 Å². The topological polar surface area (TPSA) is 49.4 Å². The number of nitrogens with one attached hydrogen (secondary N) is 1. The molecule has 0 aromatic carbocycles. The van der Waals surface area contributed by atoms with Gasteiger partial charge in [-0.25, -0.2) is 0 Å². The lowest BCUT2D eigenvalue weighted by atomic mass is 9.83. The van der Waals surface area contributed by atoms with Gasteiger partial charge in [0.1, 0.15) is 12.1 Å². The summed E-state index contributed by atoms with van der Waals surface area (Å²) >= 11 is 0. The van der Waals surface area contributed by atoms with Gasteiger partial charge >= 0.3 is 0 Å². The van der Waals surface area contributed by atoms with E-state index in [4.69, 9.17) is 0 Å². The fourth-order valence-electron chi connectivity index (χ4n) is 2.73. The van der Waals surface area contributed by atoms with Crippen molar-refractivity contribution in [1.82, 2.24) is 10.2 Å². The normalized spacial score (nSPS) is 31.3. The van der Waals surface area contributed by atoms with E-state index >= 15 is 0 Å². The Morgan fingerprint density at radius 1 is 1.33 bits per heavy atom. The minimum Gasteiger partial charge on any atom is -0.342 e. The summed E-state index contributed by atoms with van der Waals surface area (Å²) in [7, 11) is 0. The summed E-state index contributed by atoms with van der Waals surface area (Å²) in [5, 5.41) is 2.91. The van der Waals surface area contributed by atoms with Gasteiger partial charge in [-0.05, 0) is 31.6 Å². The number of carbonyl (C=O) groups is 2. The van der Waals surface area contributed by atoms with Gasteiger partial charge in [-0.3, -0.25) is 9.59 Å². The van der Waals surface area contributed by atoms with Crippen molar-refractivity contribution in [1.29, 1.82) is 0 Å². The third-order valence-corrected chi connectivity index (χ3v) is 4.19. The van der Waals surface area contributed by atoms with Crippen LogP contribution >= 0.6 is 0 Å². The zero-order valence-corrected chi connectivity index (χ0v) is 12.0. The molecule has 2 fully saturated rings. The molecule has 1 N–H and O–H groups in total. The van der Waals surface area contributed by atoms with Gasteiger partial charge < -0.3 is 10.2 Å². The van der Waals surface area contributed by atoms with Gasteiger partial charge in [0.25, 0.3) is 0 Å². The summed E-state index contributed by atoms with van der Waals surface area (Å²) < 4.78 is 0. The third kappa shape index (κ3) is 2.02.